The quantitative estimate of drug-likeness (QED) is 0.842. The molecule has 1 amide bonds. The SMILES string of the molecule is CC1CCCCC1N(C)C(=O)c1cccc(N)c1Cl. The maximum Gasteiger partial charge on any atom is 0.255 e. The van der Waals surface area contributed by atoms with Crippen LogP contribution in [0.1, 0.15) is 43.0 Å². The second-order valence-corrected chi connectivity index (χ2v) is 5.83. The summed E-state index contributed by atoms with van der Waals surface area (Å²) >= 11 is 6.13. The monoisotopic (exact) mass is 280 g/mol. The van der Waals surface area contributed by atoms with Crippen LogP contribution in [-0.4, -0.2) is 23.9 Å². The number of hydrogen-bond acceptors (Lipinski definition) is 2. The van der Waals surface area contributed by atoms with E-state index in [9.17, 15) is 4.79 Å². The molecular weight excluding hydrogens is 260 g/mol. The number of amides is 1. The Morgan fingerprint density at radius 1 is 1.37 bits per heavy atom. The summed E-state index contributed by atoms with van der Waals surface area (Å²) in [5.41, 5.74) is 6.72. The fourth-order valence-electron chi connectivity index (χ4n) is 2.93. The van der Waals surface area contributed by atoms with Gasteiger partial charge < -0.3 is 10.6 Å². The van der Waals surface area contributed by atoms with Crippen LogP contribution in [0.3, 0.4) is 0 Å². The third kappa shape index (κ3) is 2.86. The van der Waals surface area contributed by atoms with Gasteiger partial charge in [0.15, 0.2) is 0 Å². The van der Waals surface area contributed by atoms with E-state index >= 15 is 0 Å². The summed E-state index contributed by atoms with van der Waals surface area (Å²) in [6.07, 6.45) is 4.71. The van der Waals surface area contributed by atoms with Crippen molar-refractivity contribution in [1.82, 2.24) is 4.90 Å². The molecule has 0 radical (unpaired) electrons. The van der Waals surface area contributed by atoms with Gasteiger partial charge >= 0.3 is 0 Å². The summed E-state index contributed by atoms with van der Waals surface area (Å²) in [6, 6.07) is 5.53. The molecule has 2 unspecified atom stereocenters. The maximum atomic E-state index is 12.5. The van der Waals surface area contributed by atoms with Crippen LogP contribution in [0.25, 0.3) is 0 Å². The summed E-state index contributed by atoms with van der Waals surface area (Å²) in [7, 11) is 1.87. The molecule has 3 nitrogen and oxygen atoms in total. The zero-order valence-corrected chi connectivity index (χ0v) is 12.3. The summed E-state index contributed by atoms with van der Waals surface area (Å²) in [5, 5.41) is 0.364. The molecule has 4 heteroatoms. The van der Waals surface area contributed by atoms with Crippen molar-refractivity contribution in [2.45, 2.75) is 38.6 Å². The fraction of sp³-hybridized carbons (Fsp3) is 0.533. The molecule has 2 atom stereocenters. The molecule has 1 fully saturated rings. The van der Waals surface area contributed by atoms with E-state index in [1.165, 1.54) is 19.3 Å². The Kier molecular flexibility index (Phi) is 4.35. The predicted octanol–water partition coefficient (Wildman–Crippen LogP) is 3.57. The van der Waals surface area contributed by atoms with Crippen LogP contribution in [0.5, 0.6) is 0 Å². The second kappa shape index (κ2) is 5.83. The molecule has 0 aromatic heterocycles. The van der Waals surface area contributed by atoms with Crippen molar-refractivity contribution in [2.24, 2.45) is 5.92 Å². The van der Waals surface area contributed by atoms with Crippen LogP contribution in [-0.2, 0) is 0 Å². The number of carbonyl (C=O) groups excluding carboxylic acids is 1. The molecule has 0 aliphatic heterocycles. The molecule has 1 aromatic rings. The van der Waals surface area contributed by atoms with Crippen molar-refractivity contribution < 1.29 is 4.79 Å². The molecule has 0 heterocycles. The first-order valence-electron chi connectivity index (χ1n) is 6.83. The van der Waals surface area contributed by atoms with E-state index in [2.05, 4.69) is 6.92 Å². The van der Waals surface area contributed by atoms with Crippen molar-refractivity contribution in [3.63, 3.8) is 0 Å². The standard InChI is InChI=1S/C15H21ClN2O/c1-10-6-3-4-9-13(10)18(2)15(19)11-7-5-8-12(17)14(11)16/h5,7-8,10,13H,3-4,6,9,17H2,1-2H3. The highest BCUT2D eigenvalue weighted by atomic mass is 35.5. The highest BCUT2D eigenvalue weighted by Gasteiger charge is 2.29. The summed E-state index contributed by atoms with van der Waals surface area (Å²) < 4.78 is 0. The molecule has 0 bridgehead atoms. The van der Waals surface area contributed by atoms with Crippen molar-refractivity contribution in [3.8, 4) is 0 Å². The molecule has 1 aliphatic carbocycles. The lowest BCUT2D eigenvalue weighted by molar-refractivity contribution is 0.0629. The molecule has 1 saturated carbocycles. The van der Waals surface area contributed by atoms with Crippen LogP contribution >= 0.6 is 11.6 Å². The number of halogens is 1. The molecule has 19 heavy (non-hydrogen) atoms. The van der Waals surface area contributed by atoms with Crippen LogP contribution in [0.4, 0.5) is 5.69 Å². The predicted molar refractivity (Wildman–Crippen MR) is 79.4 cm³/mol. The lowest BCUT2D eigenvalue weighted by Crippen LogP contribution is -2.42. The van der Waals surface area contributed by atoms with Crippen molar-refractivity contribution in [1.29, 1.82) is 0 Å². The normalized spacial score (nSPS) is 23.1. The summed E-state index contributed by atoms with van der Waals surface area (Å²) in [6.45, 7) is 2.22. The Morgan fingerprint density at radius 2 is 2.05 bits per heavy atom. The molecular formula is C15H21ClN2O. The molecule has 1 aromatic carbocycles. The van der Waals surface area contributed by atoms with E-state index in [1.54, 1.807) is 18.2 Å². The number of rotatable bonds is 2. The average Bonchev–Trinajstić information content (AvgIpc) is 2.41. The Bertz CT molecular complexity index is 475. The first-order chi connectivity index (χ1) is 9.02. The minimum atomic E-state index is -0.0314. The molecule has 0 spiro atoms. The van der Waals surface area contributed by atoms with Crippen molar-refractivity contribution >= 4 is 23.2 Å². The van der Waals surface area contributed by atoms with Gasteiger partial charge in [-0.25, -0.2) is 0 Å². The Labute approximate surface area is 119 Å². The zero-order valence-electron chi connectivity index (χ0n) is 11.5. The first-order valence-corrected chi connectivity index (χ1v) is 7.21. The Hall–Kier alpha value is -1.22. The lowest BCUT2D eigenvalue weighted by Gasteiger charge is -2.36. The Morgan fingerprint density at radius 3 is 2.74 bits per heavy atom. The average molecular weight is 281 g/mol. The minimum absolute atomic E-state index is 0.0314. The summed E-state index contributed by atoms with van der Waals surface area (Å²) in [4.78, 5) is 14.4. The number of nitrogen functional groups attached to an aromatic ring is 1. The number of carbonyl (C=O) groups is 1. The topological polar surface area (TPSA) is 46.3 Å². The third-order valence-corrected chi connectivity index (χ3v) is 4.56. The van der Waals surface area contributed by atoms with Gasteiger partial charge in [0, 0.05) is 13.1 Å². The van der Waals surface area contributed by atoms with Gasteiger partial charge in [-0.3, -0.25) is 4.79 Å². The molecule has 104 valence electrons. The van der Waals surface area contributed by atoms with Crippen LogP contribution in [0.15, 0.2) is 18.2 Å². The second-order valence-electron chi connectivity index (χ2n) is 5.45. The maximum absolute atomic E-state index is 12.5. The van der Waals surface area contributed by atoms with Gasteiger partial charge in [0.25, 0.3) is 5.91 Å². The van der Waals surface area contributed by atoms with Gasteiger partial charge in [-0.15, -0.1) is 0 Å². The Balaban J connectivity index is 2.21. The number of benzene rings is 1. The van der Waals surface area contributed by atoms with Gasteiger partial charge in [0.1, 0.15) is 0 Å². The fourth-order valence-corrected chi connectivity index (χ4v) is 3.13. The number of anilines is 1. The number of hydrogen-bond donors (Lipinski definition) is 1. The van der Waals surface area contributed by atoms with Crippen molar-refractivity contribution in [3.05, 3.63) is 28.8 Å². The molecule has 2 N–H and O–H groups in total. The van der Waals surface area contributed by atoms with Gasteiger partial charge in [-0.2, -0.15) is 0 Å². The van der Waals surface area contributed by atoms with Gasteiger partial charge in [-0.05, 0) is 30.9 Å². The van der Waals surface area contributed by atoms with E-state index in [4.69, 9.17) is 17.3 Å². The first kappa shape index (κ1) is 14.2. The largest absolute Gasteiger partial charge is 0.398 e. The minimum Gasteiger partial charge on any atom is -0.398 e. The number of nitrogens with zero attached hydrogens (tertiary/aromatic N) is 1. The zero-order chi connectivity index (χ0) is 14.0. The van der Waals surface area contributed by atoms with E-state index in [0.717, 1.165) is 6.42 Å². The van der Waals surface area contributed by atoms with Crippen LogP contribution in [0.2, 0.25) is 5.02 Å². The van der Waals surface area contributed by atoms with Gasteiger partial charge in [-0.1, -0.05) is 37.4 Å². The molecule has 1 aliphatic rings. The van der Waals surface area contributed by atoms with Crippen LogP contribution < -0.4 is 5.73 Å². The van der Waals surface area contributed by atoms with Gasteiger partial charge in [0.05, 0.1) is 16.3 Å². The van der Waals surface area contributed by atoms with E-state index in [1.807, 2.05) is 11.9 Å². The highest BCUT2D eigenvalue weighted by Crippen LogP contribution is 2.30. The van der Waals surface area contributed by atoms with E-state index in [-0.39, 0.29) is 5.91 Å². The highest BCUT2D eigenvalue weighted by molar-refractivity contribution is 6.36. The molecule has 2 rings (SSSR count). The summed E-state index contributed by atoms with van der Waals surface area (Å²) in [5.74, 6) is 0.513. The molecule has 0 saturated heterocycles. The number of nitrogens with two attached hydrogens (primary N) is 1. The lowest BCUT2D eigenvalue weighted by atomic mass is 9.85. The van der Waals surface area contributed by atoms with Gasteiger partial charge in [0.2, 0.25) is 0 Å². The van der Waals surface area contributed by atoms with E-state index in [0.29, 0.717) is 28.2 Å². The third-order valence-electron chi connectivity index (χ3n) is 4.14. The van der Waals surface area contributed by atoms with Crippen molar-refractivity contribution in [2.75, 3.05) is 12.8 Å². The van der Waals surface area contributed by atoms with Crippen LogP contribution in [0, 0.1) is 5.92 Å². The van der Waals surface area contributed by atoms with E-state index < -0.39 is 0 Å². The smallest absolute Gasteiger partial charge is 0.255 e.